The van der Waals surface area contributed by atoms with Crippen molar-refractivity contribution < 1.29 is 0 Å². The molecule has 11 heavy (non-hydrogen) atoms. The molecule has 0 spiro atoms. The van der Waals surface area contributed by atoms with Gasteiger partial charge < -0.3 is 5.73 Å². The standard InChI is InChI=1S/C10H15N/c1-7-4-5-10(9(3)11)6-8(7)2/h4-6,9H,11H2,1-3H3/t9-/m1/s1. The second-order valence-electron chi connectivity index (χ2n) is 3.13. The number of rotatable bonds is 1. The molecule has 1 atom stereocenters. The average Bonchev–Trinajstić information content (AvgIpc) is 1.94. The van der Waals surface area contributed by atoms with Gasteiger partial charge in [0.05, 0.1) is 0 Å². The van der Waals surface area contributed by atoms with Gasteiger partial charge in [-0.25, -0.2) is 0 Å². The van der Waals surface area contributed by atoms with Crippen LogP contribution in [0.1, 0.15) is 29.7 Å². The molecular weight excluding hydrogens is 134 g/mol. The highest BCUT2D eigenvalue weighted by Crippen LogP contribution is 2.14. The van der Waals surface area contributed by atoms with Crippen LogP contribution in [0, 0.1) is 13.8 Å². The summed E-state index contributed by atoms with van der Waals surface area (Å²) in [5.41, 5.74) is 9.60. The molecule has 1 aromatic rings. The Bertz CT molecular complexity index is 251. The molecule has 0 aliphatic carbocycles. The van der Waals surface area contributed by atoms with Crippen LogP contribution in [0.3, 0.4) is 0 Å². The van der Waals surface area contributed by atoms with Crippen LogP contribution in [-0.4, -0.2) is 0 Å². The minimum atomic E-state index is 0.147. The molecule has 0 aliphatic rings. The molecular formula is C10H15N. The summed E-state index contributed by atoms with van der Waals surface area (Å²) < 4.78 is 0. The highest BCUT2D eigenvalue weighted by molar-refractivity contribution is 5.31. The van der Waals surface area contributed by atoms with Gasteiger partial charge in [-0.15, -0.1) is 0 Å². The van der Waals surface area contributed by atoms with Crippen molar-refractivity contribution >= 4 is 0 Å². The maximum Gasteiger partial charge on any atom is 0.0266 e. The summed E-state index contributed by atoms with van der Waals surface area (Å²) >= 11 is 0. The summed E-state index contributed by atoms with van der Waals surface area (Å²) in [5.74, 6) is 0. The van der Waals surface area contributed by atoms with Gasteiger partial charge in [-0.05, 0) is 37.5 Å². The molecule has 0 bridgehead atoms. The van der Waals surface area contributed by atoms with Crippen molar-refractivity contribution in [3.05, 3.63) is 34.9 Å². The summed E-state index contributed by atoms with van der Waals surface area (Å²) in [6.45, 7) is 6.23. The van der Waals surface area contributed by atoms with Crippen molar-refractivity contribution in [2.75, 3.05) is 0 Å². The normalized spacial score (nSPS) is 13.1. The third kappa shape index (κ3) is 1.81. The van der Waals surface area contributed by atoms with Crippen molar-refractivity contribution in [3.63, 3.8) is 0 Å². The number of hydrogen-bond acceptors (Lipinski definition) is 1. The van der Waals surface area contributed by atoms with Gasteiger partial charge in [-0.3, -0.25) is 0 Å². The van der Waals surface area contributed by atoms with Crippen molar-refractivity contribution in [2.24, 2.45) is 5.73 Å². The van der Waals surface area contributed by atoms with E-state index in [2.05, 4.69) is 32.0 Å². The SMILES string of the molecule is Cc1ccc([C@@H](C)N)cc1C. The zero-order chi connectivity index (χ0) is 8.43. The van der Waals surface area contributed by atoms with E-state index < -0.39 is 0 Å². The Morgan fingerprint density at radius 1 is 1.18 bits per heavy atom. The maximum atomic E-state index is 5.73. The number of nitrogens with two attached hydrogens (primary N) is 1. The largest absolute Gasteiger partial charge is 0.324 e. The lowest BCUT2D eigenvalue weighted by molar-refractivity contribution is 0.816. The molecule has 0 unspecified atom stereocenters. The van der Waals surface area contributed by atoms with Crippen LogP contribution in [0.25, 0.3) is 0 Å². The van der Waals surface area contributed by atoms with E-state index in [-0.39, 0.29) is 6.04 Å². The van der Waals surface area contributed by atoms with Crippen LogP contribution in [0.2, 0.25) is 0 Å². The Balaban J connectivity index is 3.05. The van der Waals surface area contributed by atoms with Gasteiger partial charge in [0, 0.05) is 6.04 Å². The summed E-state index contributed by atoms with van der Waals surface area (Å²) in [5, 5.41) is 0. The molecule has 1 heteroatoms. The molecule has 0 saturated heterocycles. The lowest BCUT2D eigenvalue weighted by atomic mass is 10.0. The third-order valence-corrected chi connectivity index (χ3v) is 2.06. The minimum Gasteiger partial charge on any atom is -0.324 e. The zero-order valence-corrected chi connectivity index (χ0v) is 7.39. The first-order valence-corrected chi connectivity index (χ1v) is 3.94. The zero-order valence-electron chi connectivity index (χ0n) is 7.39. The lowest BCUT2D eigenvalue weighted by Crippen LogP contribution is -2.05. The summed E-state index contributed by atoms with van der Waals surface area (Å²) in [4.78, 5) is 0. The van der Waals surface area contributed by atoms with Gasteiger partial charge in [-0.2, -0.15) is 0 Å². The Kier molecular flexibility index (Phi) is 2.30. The second-order valence-corrected chi connectivity index (χ2v) is 3.13. The fourth-order valence-corrected chi connectivity index (χ4v) is 1.05. The van der Waals surface area contributed by atoms with Crippen molar-refractivity contribution in [2.45, 2.75) is 26.8 Å². The first-order valence-electron chi connectivity index (χ1n) is 3.94. The van der Waals surface area contributed by atoms with E-state index in [1.807, 2.05) is 6.92 Å². The van der Waals surface area contributed by atoms with E-state index in [9.17, 15) is 0 Å². The monoisotopic (exact) mass is 149 g/mol. The molecule has 0 radical (unpaired) electrons. The number of hydrogen-bond donors (Lipinski definition) is 1. The van der Waals surface area contributed by atoms with Crippen LogP contribution >= 0.6 is 0 Å². The molecule has 60 valence electrons. The molecule has 0 saturated carbocycles. The fraction of sp³-hybridized carbons (Fsp3) is 0.400. The quantitative estimate of drug-likeness (QED) is 0.651. The number of aryl methyl sites for hydroxylation is 2. The molecule has 1 aromatic carbocycles. The minimum absolute atomic E-state index is 0.147. The molecule has 2 N–H and O–H groups in total. The maximum absolute atomic E-state index is 5.73. The smallest absolute Gasteiger partial charge is 0.0266 e. The van der Waals surface area contributed by atoms with Gasteiger partial charge in [0.15, 0.2) is 0 Å². The fourth-order valence-electron chi connectivity index (χ4n) is 1.05. The van der Waals surface area contributed by atoms with Gasteiger partial charge >= 0.3 is 0 Å². The molecule has 0 aromatic heterocycles. The van der Waals surface area contributed by atoms with Crippen LogP contribution < -0.4 is 5.73 Å². The molecule has 0 amide bonds. The molecule has 1 nitrogen and oxygen atoms in total. The predicted octanol–water partition coefficient (Wildman–Crippen LogP) is 2.32. The Labute approximate surface area is 68.2 Å². The van der Waals surface area contributed by atoms with Gasteiger partial charge in [-0.1, -0.05) is 18.2 Å². The van der Waals surface area contributed by atoms with Crippen LogP contribution in [0.5, 0.6) is 0 Å². The van der Waals surface area contributed by atoms with Crippen LogP contribution in [0.15, 0.2) is 18.2 Å². The second kappa shape index (κ2) is 3.05. The average molecular weight is 149 g/mol. The summed E-state index contributed by atoms with van der Waals surface area (Å²) in [6.07, 6.45) is 0. The van der Waals surface area contributed by atoms with E-state index >= 15 is 0 Å². The van der Waals surface area contributed by atoms with Crippen LogP contribution in [0.4, 0.5) is 0 Å². The Morgan fingerprint density at radius 3 is 2.27 bits per heavy atom. The summed E-state index contributed by atoms with van der Waals surface area (Å²) in [7, 11) is 0. The molecule has 0 aliphatic heterocycles. The van der Waals surface area contributed by atoms with Crippen molar-refractivity contribution in [1.29, 1.82) is 0 Å². The summed E-state index contributed by atoms with van der Waals surface area (Å²) in [6, 6.07) is 6.51. The van der Waals surface area contributed by atoms with Crippen molar-refractivity contribution in [3.8, 4) is 0 Å². The van der Waals surface area contributed by atoms with Gasteiger partial charge in [0.25, 0.3) is 0 Å². The highest BCUT2D eigenvalue weighted by Gasteiger charge is 1.99. The lowest BCUT2D eigenvalue weighted by Gasteiger charge is -2.07. The van der Waals surface area contributed by atoms with E-state index in [0.29, 0.717) is 0 Å². The first-order chi connectivity index (χ1) is 5.11. The van der Waals surface area contributed by atoms with E-state index in [1.54, 1.807) is 0 Å². The number of benzene rings is 1. The Morgan fingerprint density at radius 2 is 1.82 bits per heavy atom. The third-order valence-electron chi connectivity index (χ3n) is 2.06. The molecule has 1 rings (SSSR count). The van der Waals surface area contributed by atoms with Gasteiger partial charge in [0.1, 0.15) is 0 Å². The van der Waals surface area contributed by atoms with E-state index in [0.717, 1.165) is 0 Å². The predicted molar refractivity (Wildman–Crippen MR) is 48.5 cm³/mol. The van der Waals surface area contributed by atoms with Gasteiger partial charge in [0.2, 0.25) is 0 Å². The van der Waals surface area contributed by atoms with E-state index in [4.69, 9.17) is 5.73 Å². The Hall–Kier alpha value is -0.820. The first kappa shape index (κ1) is 8.28. The van der Waals surface area contributed by atoms with E-state index in [1.165, 1.54) is 16.7 Å². The van der Waals surface area contributed by atoms with Crippen molar-refractivity contribution in [1.82, 2.24) is 0 Å². The highest BCUT2D eigenvalue weighted by atomic mass is 14.6. The molecule has 0 fully saturated rings. The molecule has 0 heterocycles. The van der Waals surface area contributed by atoms with Crippen LogP contribution in [-0.2, 0) is 0 Å². The topological polar surface area (TPSA) is 26.0 Å².